The summed E-state index contributed by atoms with van der Waals surface area (Å²) < 4.78 is 37.8. The number of amides is 1. The van der Waals surface area contributed by atoms with Crippen LogP contribution in [0.5, 0.6) is 0 Å². The van der Waals surface area contributed by atoms with E-state index in [0.29, 0.717) is 6.54 Å². The van der Waals surface area contributed by atoms with Crippen molar-refractivity contribution in [3.05, 3.63) is 35.4 Å². The number of nitrogens with zero attached hydrogens (tertiary/aromatic N) is 1. The van der Waals surface area contributed by atoms with Crippen molar-refractivity contribution in [2.75, 3.05) is 13.1 Å². The van der Waals surface area contributed by atoms with Crippen LogP contribution in [0, 0.1) is 5.92 Å². The van der Waals surface area contributed by atoms with Gasteiger partial charge in [0, 0.05) is 37.6 Å². The van der Waals surface area contributed by atoms with Gasteiger partial charge < -0.3 is 11.1 Å². The largest absolute Gasteiger partial charge is 0.416 e. The zero-order valence-corrected chi connectivity index (χ0v) is 14.1. The zero-order valence-electron chi connectivity index (χ0n) is 14.1. The molecule has 1 aliphatic carbocycles. The van der Waals surface area contributed by atoms with E-state index in [2.05, 4.69) is 10.2 Å². The maximum atomic E-state index is 12.6. The average Bonchev–Trinajstić information content (AvgIpc) is 3.16. The Morgan fingerprint density at radius 1 is 1.20 bits per heavy atom. The second-order valence-electron chi connectivity index (χ2n) is 7.19. The first-order valence-electron chi connectivity index (χ1n) is 8.75. The van der Waals surface area contributed by atoms with Gasteiger partial charge in [-0.05, 0) is 43.4 Å². The van der Waals surface area contributed by atoms with Gasteiger partial charge in [0.05, 0.1) is 5.56 Å². The summed E-state index contributed by atoms with van der Waals surface area (Å²) in [5, 5.41) is 3.10. The fraction of sp³-hybridized carbons (Fsp3) is 0.611. The fourth-order valence-corrected chi connectivity index (χ4v) is 3.72. The normalized spacial score (nSPS) is 27.6. The van der Waals surface area contributed by atoms with E-state index < -0.39 is 11.7 Å². The quantitative estimate of drug-likeness (QED) is 0.873. The Morgan fingerprint density at radius 3 is 2.52 bits per heavy atom. The van der Waals surface area contributed by atoms with E-state index in [1.165, 1.54) is 12.1 Å². The molecule has 138 valence electrons. The van der Waals surface area contributed by atoms with E-state index in [1.807, 2.05) is 0 Å². The molecule has 3 unspecified atom stereocenters. The van der Waals surface area contributed by atoms with E-state index >= 15 is 0 Å². The summed E-state index contributed by atoms with van der Waals surface area (Å²) in [6.07, 6.45) is -0.916. The highest BCUT2D eigenvalue weighted by Gasteiger charge is 2.32. The van der Waals surface area contributed by atoms with Crippen LogP contribution in [-0.4, -0.2) is 36.0 Å². The molecule has 1 heterocycles. The predicted octanol–water partition coefficient (Wildman–Crippen LogP) is 2.52. The molecule has 0 radical (unpaired) electrons. The Kier molecular flexibility index (Phi) is 5.34. The van der Waals surface area contributed by atoms with Crippen molar-refractivity contribution in [3.63, 3.8) is 0 Å². The Balaban J connectivity index is 1.47. The van der Waals surface area contributed by atoms with Crippen molar-refractivity contribution in [1.82, 2.24) is 10.2 Å². The minimum absolute atomic E-state index is 0.0268. The number of nitrogens with two attached hydrogens (primary N) is 1. The van der Waals surface area contributed by atoms with Crippen LogP contribution in [0.25, 0.3) is 0 Å². The van der Waals surface area contributed by atoms with Gasteiger partial charge in [-0.1, -0.05) is 12.1 Å². The fourth-order valence-electron chi connectivity index (χ4n) is 3.72. The third-order valence-electron chi connectivity index (χ3n) is 5.15. The third kappa shape index (κ3) is 4.73. The highest BCUT2D eigenvalue weighted by atomic mass is 19.4. The lowest BCUT2D eigenvalue weighted by molar-refractivity contribution is -0.137. The molecule has 4 nitrogen and oxygen atoms in total. The first-order valence-corrected chi connectivity index (χ1v) is 8.75. The molecule has 0 spiro atoms. The van der Waals surface area contributed by atoms with Gasteiger partial charge in [-0.2, -0.15) is 13.2 Å². The topological polar surface area (TPSA) is 58.4 Å². The Hall–Kier alpha value is -1.60. The summed E-state index contributed by atoms with van der Waals surface area (Å²) >= 11 is 0. The number of carbonyl (C=O) groups is 1. The smallest absolute Gasteiger partial charge is 0.352 e. The molecule has 25 heavy (non-hydrogen) atoms. The number of hydrogen-bond acceptors (Lipinski definition) is 3. The SMILES string of the molecule is NC1CCC(C(=O)NC2CCN(Cc3ccc(C(F)(F)F)cc3)C2)C1. The van der Waals surface area contributed by atoms with Crippen LogP contribution >= 0.6 is 0 Å². The van der Waals surface area contributed by atoms with Crippen molar-refractivity contribution >= 4 is 5.91 Å². The molecule has 1 saturated carbocycles. The number of nitrogens with one attached hydrogen (secondary N) is 1. The molecule has 1 aromatic rings. The van der Waals surface area contributed by atoms with Gasteiger partial charge in [0.1, 0.15) is 0 Å². The Bertz CT molecular complexity index is 603. The molecule has 1 saturated heterocycles. The van der Waals surface area contributed by atoms with Crippen molar-refractivity contribution in [1.29, 1.82) is 0 Å². The number of likely N-dealkylation sites (tertiary alicyclic amines) is 1. The standard InChI is InChI=1S/C18H24F3N3O/c19-18(20,21)14-4-1-12(2-5-14)10-24-8-7-16(11-24)23-17(25)13-3-6-15(22)9-13/h1-2,4-5,13,15-16H,3,6-11,22H2,(H,23,25). The molecule has 3 rings (SSSR count). The van der Waals surface area contributed by atoms with Gasteiger partial charge in [0.15, 0.2) is 0 Å². The van der Waals surface area contributed by atoms with Crippen LogP contribution < -0.4 is 11.1 Å². The predicted molar refractivity (Wildman–Crippen MR) is 88.6 cm³/mol. The Labute approximate surface area is 145 Å². The summed E-state index contributed by atoms with van der Waals surface area (Å²) in [5.41, 5.74) is 6.08. The van der Waals surface area contributed by atoms with E-state index in [9.17, 15) is 18.0 Å². The lowest BCUT2D eigenvalue weighted by Crippen LogP contribution is -2.40. The maximum absolute atomic E-state index is 12.6. The first kappa shape index (κ1) is 18.2. The average molecular weight is 355 g/mol. The number of rotatable bonds is 4. The zero-order chi connectivity index (χ0) is 18.0. The van der Waals surface area contributed by atoms with Crippen LogP contribution in [0.1, 0.15) is 36.8 Å². The van der Waals surface area contributed by atoms with Crippen LogP contribution in [0.2, 0.25) is 0 Å². The van der Waals surface area contributed by atoms with E-state index in [-0.39, 0.29) is 23.9 Å². The number of halogens is 3. The molecule has 1 aliphatic heterocycles. The van der Waals surface area contributed by atoms with Crippen LogP contribution in [0.4, 0.5) is 13.2 Å². The third-order valence-corrected chi connectivity index (χ3v) is 5.15. The van der Waals surface area contributed by atoms with E-state index in [4.69, 9.17) is 5.73 Å². The molecule has 3 N–H and O–H groups in total. The molecule has 3 atom stereocenters. The Morgan fingerprint density at radius 2 is 1.92 bits per heavy atom. The minimum atomic E-state index is -4.30. The molecule has 2 fully saturated rings. The molecule has 0 bridgehead atoms. The number of carbonyl (C=O) groups excluding carboxylic acids is 1. The second kappa shape index (κ2) is 7.33. The van der Waals surface area contributed by atoms with Gasteiger partial charge >= 0.3 is 6.18 Å². The van der Waals surface area contributed by atoms with Gasteiger partial charge in [-0.25, -0.2) is 0 Å². The van der Waals surface area contributed by atoms with Gasteiger partial charge in [0.25, 0.3) is 0 Å². The lowest BCUT2D eigenvalue weighted by Gasteiger charge is -2.18. The highest BCUT2D eigenvalue weighted by molar-refractivity contribution is 5.79. The number of alkyl halides is 3. The molecule has 2 aliphatic rings. The summed E-state index contributed by atoms with van der Waals surface area (Å²) in [6.45, 7) is 2.15. The summed E-state index contributed by atoms with van der Waals surface area (Å²) in [7, 11) is 0. The minimum Gasteiger partial charge on any atom is -0.352 e. The van der Waals surface area contributed by atoms with Crippen molar-refractivity contribution in [2.24, 2.45) is 11.7 Å². The summed E-state index contributed by atoms with van der Waals surface area (Å²) in [5.74, 6) is 0.119. The van der Waals surface area contributed by atoms with E-state index in [1.54, 1.807) is 0 Å². The number of benzene rings is 1. The highest BCUT2D eigenvalue weighted by Crippen LogP contribution is 2.29. The first-order chi connectivity index (χ1) is 11.8. The van der Waals surface area contributed by atoms with Gasteiger partial charge in [-0.3, -0.25) is 9.69 Å². The molecule has 1 amide bonds. The second-order valence-corrected chi connectivity index (χ2v) is 7.19. The maximum Gasteiger partial charge on any atom is 0.416 e. The van der Waals surface area contributed by atoms with Crippen molar-refractivity contribution < 1.29 is 18.0 Å². The van der Waals surface area contributed by atoms with Crippen molar-refractivity contribution in [3.8, 4) is 0 Å². The van der Waals surface area contributed by atoms with Crippen LogP contribution in [0.3, 0.4) is 0 Å². The molecule has 0 aromatic heterocycles. The van der Waals surface area contributed by atoms with Crippen LogP contribution in [-0.2, 0) is 17.5 Å². The monoisotopic (exact) mass is 355 g/mol. The van der Waals surface area contributed by atoms with E-state index in [0.717, 1.165) is 56.5 Å². The number of hydrogen-bond donors (Lipinski definition) is 2. The van der Waals surface area contributed by atoms with Gasteiger partial charge in [0.2, 0.25) is 5.91 Å². The van der Waals surface area contributed by atoms with Crippen molar-refractivity contribution in [2.45, 2.75) is 50.5 Å². The van der Waals surface area contributed by atoms with Crippen LogP contribution in [0.15, 0.2) is 24.3 Å². The molecule has 1 aromatic carbocycles. The van der Waals surface area contributed by atoms with Gasteiger partial charge in [-0.15, -0.1) is 0 Å². The lowest BCUT2D eigenvalue weighted by atomic mass is 10.1. The molecular weight excluding hydrogens is 331 g/mol. The molecular formula is C18H24F3N3O. The molecule has 7 heteroatoms. The summed E-state index contributed by atoms with van der Waals surface area (Å²) in [4.78, 5) is 14.4. The summed E-state index contributed by atoms with van der Waals surface area (Å²) in [6, 6.07) is 5.53.